The number of morpholine rings is 1. The van der Waals surface area contributed by atoms with Gasteiger partial charge in [-0.15, -0.1) is 0 Å². The van der Waals surface area contributed by atoms with Crippen molar-refractivity contribution in [3.05, 3.63) is 35.2 Å². The van der Waals surface area contributed by atoms with Crippen LogP contribution in [0.1, 0.15) is 28.8 Å². The van der Waals surface area contributed by atoms with Crippen LogP contribution in [-0.4, -0.2) is 34.4 Å². The number of nitrogens with one attached hydrogen (secondary N) is 1. The van der Waals surface area contributed by atoms with Gasteiger partial charge in [-0.2, -0.15) is 0 Å². The predicted molar refractivity (Wildman–Crippen MR) is 68.9 cm³/mol. The van der Waals surface area contributed by atoms with Gasteiger partial charge in [-0.25, -0.2) is 4.98 Å². The van der Waals surface area contributed by atoms with Crippen molar-refractivity contribution in [2.45, 2.75) is 26.5 Å². The Bertz CT molecular complexity index is 535. The minimum Gasteiger partial charge on any atom is -0.369 e. The van der Waals surface area contributed by atoms with E-state index in [1.54, 1.807) is 0 Å². The molecule has 0 radical (unpaired) electrons. The van der Waals surface area contributed by atoms with E-state index in [1.807, 2.05) is 26.4 Å². The first kappa shape index (κ1) is 12.4. The number of hydrogen-bond acceptors (Lipinski definition) is 5. The number of aromatic nitrogens is 3. The third kappa shape index (κ3) is 2.41. The summed E-state index contributed by atoms with van der Waals surface area (Å²) in [5.41, 5.74) is 3.13. The molecular weight excluding hydrogens is 244 g/mol. The summed E-state index contributed by atoms with van der Waals surface area (Å²) in [5, 5.41) is 7.32. The Morgan fingerprint density at radius 1 is 1.47 bits per heavy atom. The minimum atomic E-state index is 0.0664. The van der Waals surface area contributed by atoms with E-state index in [4.69, 9.17) is 9.26 Å². The molecule has 1 saturated heterocycles. The van der Waals surface area contributed by atoms with Crippen LogP contribution in [0.3, 0.4) is 0 Å². The molecule has 1 atom stereocenters. The van der Waals surface area contributed by atoms with E-state index < -0.39 is 0 Å². The van der Waals surface area contributed by atoms with Crippen LogP contribution in [0, 0.1) is 13.8 Å². The zero-order valence-electron chi connectivity index (χ0n) is 11.2. The summed E-state index contributed by atoms with van der Waals surface area (Å²) in [6.45, 7) is 7.09. The number of hydrogen-bond donors (Lipinski definition) is 1. The first-order valence-electron chi connectivity index (χ1n) is 6.50. The molecule has 3 heterocycles. The third-order valence-corrected chi connectivity index (χ3v) is 3.51. The number of ether oxygens (including phenoxy) is 1. The summed E-state index contributed by atoms with van der Waals surface area (Å²) in [4.78, 5) is 4.24. The first-order chi connectivity index (χ1) is 9.25. The van der Waals surface area contributed by atoms with Crippen LogP contribution < -0.4 is 5.32 Å². The molecule has 2 aromatic rings. The van der Waals surface area contributed by atoms with E-state index in [2.05, 4.69) is 20.0 Å². The standard InChI is InChI=1S/C13H18N4O2/c1-9-11(10(2)19-16-9)7-17-8-15-5-12(17)13-6-14-3-4-18-13/h5,8,13-14H,3-4,6-7H2,1-2H3. The highest BCUT2D eigenvalue weighted by Gasteiger charge is 2.20. The van der Waals surface area contributed by atoms with Crippen LogP contribution >= 0.6 is 0 Å². The molecule has 0 saturated carbocycles. The van der Waals surface area contributed by atoms with Crippen LogP contribution in [0.15, 0.2) is 17.0 Å². The molecule has 102 valence electrons. The van der Waals surface area contributed by atoms with Crippen molar-refractivity contribution in [1.29, 1.82) is 0 Å². The largest absolute Gasteiger partial charge is 0.369 e. The van der Waals surface area contributed by atoms with Crippen LogP contribution in [0.2, 0.25) is 0 Å². The fourth-order valence-corrected chi connectivity index (χ4v) is 2.38. The van der Waals surface area contributed by atoms with E-state index in [-0.39, 0.29) is 6.10 Å². The van der Waals surface area contributed by atoms with Crippen LogP contribution in [0.25, 0.3) is 0 Å². The molecule has 19 heavy (non-hydrogen) atoms. The lowest BCUT2D eigenvalue weighted by molar-refractivity contribution is 0.0230. The normalized spacial score (nSPS) is 19.8. The number of rotatable bonds is 3. The monoisotopic (exact) mass is 262 g/mol. The van der Waals surface area contributed by atoms with Crippen molar-refractivity contribution >= 4 is 0 Å². The summed E-state index contributed by atoms with van der Waals surface area (Å²) >= 11 is 0. The number of nitrogens with zero attached hydrogens (tertiary/aromatic N) is 3. The molecule has 2 aromatic heterocycles. The van der Waals surface area contributed by atoms with Gasteiger partial charge >= 0.3 is 0 Å². The van der Waals surface area contributed by atoms with Crippen molar-refractivity contribution in [2.75, 3.05) is 19.7 Å². The average molecular weight is 262 g/mol. The minimum absolute atomic E-state index is 0.0664. The number of aryl methyl sites for hydroxylation is 2. The van der Waals surface area contributed by atoms with Crippen molar-refractivity contribution in [1.82, 2.24) is 20.0 Å². The van der Waals surface area contributed by atoms with Crippen LogP contribution in [-0.2, 0) is 11.3 Å². The van der Waals surface area contributed by atoms with Crippen molar-refractivity contribution in [3.63, 3.8) is 0 Å². The molecule has 0 bridgehead atoms. The van der Waals surface area contributed by atoms with Gasteiger partial charge in [-0.1, -0.05) is 5.16 Å². The van der Waals surface area contributed by atoms with E-state index >= 15 is 0 Å². The molecule has 1 fully saturated rings. The summed E-state index contributed by atoms with van der Waals surface area (Å²) in [6.07, 6.45) is 3.77. The first-order valence-corrected chi connectivity index (χ1v) is 6.50. The molecule has 1 unspecified atom stereocenters. The Kier molecular flexibility index (Phi) is 3.35. The van der Waals surface area contributed by atoms with Crippen molar-refractivity contribution in [3.8, 4) is 0 Å². The van der Waals surface area contributed by atoms with Gasteiger partial charge < -0.3 is 19.1 Å². The fraction of sp³-hybridized carbons (Fsp3) is 0.538. The molecule has 0 aliphatic carbocycles. The molecule has 0 aromatic carbocycles. The van der Waals surface area contributed by atoms with E-state index in [1.165, 1.54) is 0 Å². The van der Waals surface area contributed by atoms with Gasteiger partial charge in [-0.3, -0.25) is 0 Å². The highest BCUT2D eigenvalue weighted by Crippen LogP contribution is 2.21. The Morgan fingerprint density at radius 2 is 2.37 bits per heavy atom. The molecule has 0 spiro atoms. The molecule has 3 rings (SSSR count). The highest BCUT2D eigenvalue weighted by molar-refractivity contribution is 5.22. The van der Waals surface area contributed by atoms with E-state index in [0.717, 1.165) is 49.0 Å². The third-order valence-electron chi connectivity index (χ3n) is 3.51. The predicted octanol–water partition coefficient (Wildman–Crippen LogP) is 1.20. The van der Waals surface area contributed by atoms with Gasteiger partial charge in [0.2, 0.25) is 0 Å². The Morgan fingerprint density at radius 3 is 3.05 bits per heavy atom. The van der Waals surface area contributed by atoms with Crippen LogP contribution in [0.4, 0.5) is 0 Å². The van der Waals surface area contributed by atoms with E-state index in [0.29, 0.717) is 0 Å². The van der Waals surface area contributed by atoms with Crippen molar-refractivity contribution < 1.29 is 9.26 Å². The molecule has 6 nitrogen and oxygen atoms in total. The van der Waals surface area contributed by atoms with Gasteiger partial charge in [-0.05, 0) is 13.8 Å². The molecule has 1 N–H and O–H groups in total. The van der Waals surface area contributed by atoms with Gasteiger partial charge in [0.15, 0.2) is 0 Å². The summed E-state index contributed by atoms with van der Waals surface area (Å²) in [5.74, 6) is 0.861. The molecule has 1 aliphatic heterocycles. The molecule has 1 aliphatic rings. The average Bonchev–Trinajstić information content (AvgIpc) is 3.02. The van der Waals surface area contributed by atoms with Gasteiger partial charge in [0, 0.05) is 18.7 Å². The smallest absolute Gasteiger partial charge is 0.138 e. The maximum atomic E-state index is 5.78. The zero-order chi connectivity index (χ0) is 13.2. The SMILES string of the molecule is Cc1noc(C)c1Cn1cncc1C1CNCCO1. The maximum absolute atomic E-state index is 5.78. The van der Waals surface area contributed by atoms with E-state index in [9.17, 15) is 0 Å². The second-order valence-electron chi connectivity index (χ2n) is 4.81. The summed E-state index contributed by atoms with van der Waals surface area (Å²) in [6, 6.07) is 0. The second-order valence-corrected chi connectivity index (χ2v) is 4.81. The molecular formula is C13H18N4O2. The topological polar surface area (TPSA) is 65.1 Å². The Balaban J connectivity index is 1.84. The van der Waals surface area contributed by atoms with Crippen LogP contribution in [0.5, 0.6) is 0 Å². The van der Waals surface area contributed by atoms with Gasteiger partial charge in [0.1, 0.15) is 11.9 Å². The quantitative estimate of drug-likeness (QED) is 0.900. The summed E-state index contributed by atoms with van der Waals surface area (Å²) < 4.78 is 13.1. The molecule has 6 heteroatoms. The van der Waals surface area contributed by atoms with Crippen molar-refractivity contribution in [2.24, 2.45) is 0 Å². The lowest BCUT2D eigenvalue weighted by atomic mass is 10.2. The molecule has 0 amide bonds. The Hall–Kier alpha value is -1.66. The lowest BCUT2D eigenvalue weighted by Crippen LogP contribution is -2.34. The maximum Gasteiger partial charge on any atom is 0.138 e. The Labute approximate surface area is 111 Å². The highest BCUT2D eigenvalue weighted by atomic mass is 16.5. The second kappa shape index (κ2) is 5.14. The lowest BCUT2D eigenvalue weighted by Gasteiger charge is -2.24. The zero-order valence-corrected chi connectivity index (χ0v) is 11.2. The van der Waals surface area contributed by atoms with Gasteiger partial charge in [0.05, 0.1) is 37.1 Å². The summed E-state index contributed by atoms with van der Waals surface area (Å²) in [7, 11) is 0. The fourth-order valence-electron chi connectivity index (χ4n) is 2.38. The number of imidazole rings is 1. The van der Waals surface area contributed by atoms with Gasteiger partial charge in [0.25, 0.3) is 0 Å².